The Morgan fingerprint density at radius 1 is 1.29 bits per heavy atom. The first-order valence-corrected chi connectivity index (χ1v) is 6.08. The van der Waals surface area contributed by atoms with E-state index in [0.717, 1.165) is 22.4 Å². The van der Waals surface area contributed by atoms with Crippen LogP contribution in [-0.2, 0) is 6.54 Å². The zero-order valence-electron chi connectivity index (χ0n) is 8.64. The minimum absolute atomic E-state index is 0.621. The first kappa shape index (κ1) is 10.5. The monoisotopic (exact) mass is 265 g/mol. The van der Waals surface area contributed by atoms with E-state index in [2.05, 4.69) is 24.3 Å². The van der Waals surface area contributed by atoms with E-state index in [0.29, 0.717) is 11.6 Å². The van der Waals surface area contributed by atoms with E-state index in [1.165, 1.54) is 11.7 Å². The Morgan fingerprint density at radius 3 is 3.06 bits per heavy atom. The normalized spacial score (nSPS) is 10.9. The number of benzene rings is 1. The summed E-state index contributed by atoms with van der Waals surface area (Å²) in [5.74, 6) is 0. The molecule has 0 unspecified atom stereocenters. The van der Waals surface area contributed by atoms with Crippen LogP contribution in [0.4, 0.5) is 5.69 Å². The molecule has 0 bridgehead atoms. The Kier molecular flexibility index (Phi) is 2.66. The van der Waals surface area contributed by atoms with E-state index in [-0.39, 0.29) is 0 Å². The van der Waals surface area contributed by atoms with Crippen molar-refractivity contribution >= 4 is 40.0 Å². The number of anilines is 1. The quantitative estimate of drug-likeness (QED) is 0.764. The summed E-state index contributed by atoms with van der Waals surface area (Å²) >= 11 is 7.33. The van der Waals surface area contributed by atoms with Gasteiger partial charge in [-0.2, -0.15) is 13.8 Å². The second-order valence-corrected chi connectivity index (χ2v) is 4.43. The van der Waals surface area contributed by atoms with Crippen LogP contribution in [0.2, 0.25) is 5.02 Å². The van der Waals surface area contributed by atoms with Crippen molar-refractivity contribution in [2.45, 2.75) is 6.54 Å². The molecule has 0 spiro atoms. The second kappa shape index (κ2) is 4.31. The van der Waals surface area contributed by atoms with Gasteiger partial charge in [0.25, 0.3) is 0 Å². The highest BCUT2D eigenvalue weighted by atomic mass is 35.5. The summed E-state index contributed by atoms with van der Waals surface area (Å²) in [5.41, 5.74) is 3.46. The molecular weight excluding hydrogens is 258 g/mol. The molecule has 3 aromatic rings. The zero-order valence-corrected chi connectivity index (χ0v) is 10.2. The molecule has 0 saturated heterocycles. The Labute approximate surface area is 106 Å². The standard InChI is InChI=1S/C10H8ClN5S/c11-7-1-2-8-10(16-17-15-8)9(7)12-5-6-3-4-13-14-6/h1-4,12H,5H2,(H,13,14). The van der Waals surface area contributed by atoms with E-state index in [9.17, 15) is 0 Å². The molecule has 0 aliphatic heterocycles. The largest absolute Gasteiger partial charge is 0.376 e. The van der Waals surface area contributed by atoms with E-state index < -0.39 is 0 Å². The smallest absolute Gasteiger partial charge is 0.129 e. The van der Waals surface area contributed by atoms with Gasteiger partial charge in [0.2, 0.25) is 0 Å². The molecule has 5 nitrogen and oxygen atoms in total. The SMILES string of the molecule is Clc1ccc2nsnc2c1NCc1ccn[nH]1. The van der Waals surface area contributed by atoms with Crippen LogP contribution < -0.4 is 5.32 Å². The van der Waals surface area contributed by atoms with Crippen LogP contribution in [0.25, 0.3) is 11.0 Å². The molecule has 0 radical (unpaired) electrons. The Balaban J connectivity index is 1.93. The third-order valence-electron chi connectivity index (χ3n) is 2.39. The summed E-state index contributed by atoms with van der Waals surface area (Å²) in [6.07, 6.45) is 1.71. The maximum Gasteiger partial charge on any atom is 0.129 e. The maximum atomic E-state index is 6.15. The van der Waals surface area contributed by atoms with E-state index >= 15 is 0 Å². The number of halogens is 1. The van der Waals surface area contributed by atoms with Crippen molar-refractivity contribution in [1.29, 1.82) is 0 Å². The Hall–Kier alpha value is -1.66. The molecule has 0 aliphatic rings. The lowest BCUT2D eigenvalue weighted by Gasteiger charge is -2.07. The summed E-state index contributed by atoms with van der Waals surface area (Å²) < 4.78 is 8.41. The van der Waals surface area contributed by atoms with Gasteiger partial charge in [-0.1, -0.05) is 11.6 Å². The molecule has 0 aliphatic carbocycles. The highest BCUT2D eigenvalue weighted by Gasteiger charge is 2.09. The molecule has 0 saturated carbocycles. The predicted octanol–water partition coefficient (Wildman–Crippen LogP) is 2.68. The Bertz CT molecular complexity index is 633. The number of H-pyrrole nitrogens is 1. The highest BCUT2D eigenvalue weighted by molar-refractivity contribution is 7.00. The van der Waals surface area contributed by atoms with Gasteiger partial charge in [-0.25, -0.2) is 0 Å². The number of hydrogen-bond acceptors (Lipinski definition) is 5. The summed E-state index contributed by atoms with van der Waals surface area (Å²) in [4.78, 5) is 0. The van der Waals surface area contributed by atoms with Crippen LogP contribution >= 0.6 is 23.3 Å². The summed E-state index contributed by atoms with van der Waals surface area (Å²) in [6, 6.07) is 5.59. The van der Waals surface area contributed by atoms with Gasteiger partial charge in [-0.05, 0) is 18.2 Å². The molecule has 0 amide bonds. The molecule has 0 atom stereocenters. The van der Waals surface area contributed by atoms with Gasteiger partial charge in [-0.15, -0.1) is 0 Å². The van der Waals surface area contributed by atoms with Crippen LogP contribution in [0.1, 0.15) is 5.69 Å². The van der Waals surface area contributed by atoms with Crippen molar-refractivity contribution in [2.75, 3.05) is 5.32 Å². The number of aromatic nitrogens is 4. The fraction of sp³-hybridized carbons (Fsp3) is 0.100. The van der Waals surface area contributed by atoms with Crippen molar-refractivity contribution in [3.63, 3.8) is 0 Å². The molecule has 0 fully saturated rings. The van der Waals surface area contributed by atoms with Gasteiger partial charge in [0.1, 0.15) is 11.0 Å². The topological polar surface area (TPSA) is 66.5 Å². The fourth-order valence-corrected chi connectivity index (χ4v) is 2.32. The highest BCUT2D eigenvalue weighted by Crippen LogP contribution is 2.30. The second-order valence-electron chi connectivity index (χ2n) is 3.49. The third-order valence-corrected chi connectivity index (χ3v) is 3.25. The van der Waals surface area contributed by atoms with Gasteiger partial charge >= 0.3 is 0 Å². The van der Waals surface area contributed by atoms with Crippen LogP contribution in [0.5, 0.6) is 0 Å². The molecular formula is C10H8ClN5S. The minimum Gasteiger partial charge on any atom is -0.376 e. The molecule has 2 aromatic heterocycles. The van der Waals surface area contributed by atoms with Crippen LogP contribution in [-0.4, -0.2) is 18.9 Å². The molecule has 3 rings (SSSR count). The predicted molar refractivity (Wildman–Crippen MR) is 68.3 cm³/mol. The van der Waals surface area contributed by atoms with Gasteiger partial charge in [0.15, 0.2) is 0 Å². The maximum absolute atomic E-state index is 6.15. The van der Waals surface area contributed by atoms with E-state index in [1.807, 2.05) is 18.2 Å². The van der Waals surface area contributed by atoms with E-state index in [1.54, 1.807) is 6.20 Å². The van der Waals surface area contributed by atoms with Crippen LogP contribution in [0.3, 0.4) is 0 Å². The van der Waals surface area contributed by atoms with Crippen molar-refractivity contribution in [3.05, 3.63) is 35.1 Å². The Morgan fingerprint density at radius 2 is 2.24 bits per heavy atom. The third kappa shape index (κ3) is 1.96. The van der Waals surface area contributed by atoms with Crippen molar-refractivity contribution in [2.24, 2.45) is 0 Å². The number of hydrogen-bond donors (Lipinski definition) is 2. The summed E-state index contributed by atoms with van der Waals surface area (Å²) in [7, 11) is 0. The zero-order chi connectivity index (χ0) is 11.7. The molecule has 17 heavy (non-hydrogen) atoms. The summed E-state index contributed by atoms with van der Waals surface area (Å²) in [5, 5.41) is 10.7. The average Bonchev–Trinajstić information content (AvgIpc) is 2.97. The molecule has 2 N–H and O–H groups in total. The van der Waals surface area contributed by atoms with E-state index in [4.69, 9.17) is 11.6 Å². The van der Waals surface area contributed by atoms with Gasteiger partial charge in [-0.3, -0.25) is 5.10 Å². The first-order valence-electron chi connectivity index (χ1n) is 4.97. The molecule has 7 heteroatoms. The van der Waals surface area contributed by atoms with Crippen molar-refractivity contribution in [3.8, 4) is 0 Å². The lowest BCUT2D eigenvalue weighted by Crippen LogP contribution is -2.01. The van der Waals surface area contributed by atoms with Crippen molar-refractivity contribution < 1.29 is 0 Å². The first-order chi connectivity index (χ1) is 8.34. The molecule has 86 valence electrons. The van der Waals surface area contributed by atoms with Crippen LogP contribution in [0, 0.1) is 0 Å². The minimum atomic E-state index is 0.621. The number of nitrogens with one attached hydrogen (secondary N) is 2. The van der Waals surface area contributed by atoms with Gasteiger partial charge in [0.05, 0.1) is 34.7 Å². The van der Waals surface area contributed by atoms with Crippen LogP contribution in [0.15, 0.2) is 24.4 Å². The molecule has 1 aromatic carbocycles. The van der Waals surface area contributed by atoms with Gasteiger partial charge < -0.3 is 5.32 Å². The number of rotatable bonds is 3. The summed E-state index contributed by atoms with van der Waals surface area (Å²) in [6.45, 7) is 0.621. The number of aromatic amines is 1. The average molecular weight is 266 g/mol. The number of nitrogens with zero attached hydrogens (tertiary/aromatic N) is 3. The molecule has 2 heterocycles. The van der Waals surface area contributed by atoms with Gasteiger partial charge in [0, 0.05) is 6.20 Å². The van der Waals surface area contributed by atoms with Crippen molar-refractivity contribution in [1.82, 2.24) is 18.9 Å². The fourth-order valence-electron chi connectivity index (χ4n) is 1.56. The lowest BCUT2D eigenvalue weighted by atomic mass is 10.2. The number of fused-ring (bicyclic) bond motifs is 1. The lowest BCUT2D eigenvalue weighted by molar-refractivity contribution is 0.982.